The Balaban J connectivity index is 3.22. The third-order valence-corrected chi connectivity index (χ3v) is 3.61. The summed E-state index contributed by atoms with van der Waals surface area (Å²) < 4.78 is 26.6. The van der Waals surface area contributed by atoms with Crippen LogP contribution >= 0.6 is 0 Å². The second kappa shape index (κ2) is 10.8. The van der Waals surface area contributed by atoms with Gasteiger partial charge in [0, 0.05) is 27.7 Å². The van der Waals surface area contributed by atoms with Crippen molar-refractivity contribution in [1.29, 1.82) is 0 Å². The summed E-state index contributed by atoms with van der Waals surface area (Å²) in [6.45, 7) is 6.97. The zero-order valence-corrected chi connectivity index (χ0v) is 16.2. The first kappa shape index (κ1) is 22.8. The minimum atomic E-state index is -1.13. The number of carbonyl (C=O) groups excluding carboxylic acids is 4. The molecule has 10 nitrogen and oxygen atoms in total. The van der Waals surface area contributed by atoms with Crippen molar-refractivity contribution in [2.45, 2.75) is 71.7 Å². The van der Waals surface area contributed by atoms with Crippen LogP contribution < -0.4 is 5.32 Å². The predicted octanol–water partition coefficient (Wildman–Crippen LogP) is 0.0691. The highest BCUT2D eigenvalue weighted by Crippen LogP contribution is 2.28. The molecular weight excluding hydrogens is 362 g/mol. The van der Waals surface area contributed by atoms with E-state index in [4.69, 9.17) is 23.7 Å². The lowest BCUT2D eigenvalue weighted by atomic mass is 9.96. The summed E-state index contributed by atoms with van der Waals surface area (Å²) in [7, 11) is 0. The van der Waals surface area contributed by atoms with E-state index in [1.165, 1.54) is 27.7 Å². The minimum Gasteiger partial charge on any atom is -0.463 e. The van der Waals surface area contributed by atoms with Crippen LogP contribution in [-0.4, -0.2) is 67.7 Å². The number of carbonyl (C=O) groups is 4. The van der Waals surface area contributed by atoms with Crippen LogP contribution in [0.5, 0.6) is 0 Å². The predicted molar refractivity (Wildman–Crippen MR) is 90.2 cm³/mol. The molecule has 1 aliphatic heterocycles. The summed E-state index contributed by atoms with van der Waals surface area (Å²) in [5.41, 5.74) is 0. The molecule has 1 fully saturated rings. The van der Waals surface area contributed by atoms with Crippen LogP contribution in [0.25, 0.3) is 0 Å². The van der Waals surface area contributed by atoms with Crippen LogP contribution in [0.15, 0.2) is 0 Å². The van der Waals surface area contributed by atoms with Gasteiger partial charge in [-0.25, -0.2) is 0 Å². The van der Waals surface area contributed by atoms with E-state index in [9.17, 15) is 19.2 Å². The lowest BCUT2D eigenvalue weighted by molar-refractivity contribution is -0.271. The van der Waals surface area contributed by atoms with Gasteiger partial charge in [0.05, 0.1) is 0 Å². The molecular formula is C17H27NO9. The van der Waals surface area contributed by atoms with Crippen LogP contribution in [0.2, 0.25) is 0 Å². The standard InChI is InChI=1S/C17H27NO9/c1-6-7-18-14-16(25-11(4)21)15(24-10(3)20)13(8-23-9(2)19)27-17(14)26-12(5)22/h13-18H,6-8H2,1-5H3/t13?,14?,15-,16-,17+/m1/s1. The molecule has 0 aromatic rings. The van der Waals surface area contributed by atoms with E-state index in [2.05, 4.69) is 5.32 Å². The molecule has 0 aromatic carbocycles. The molecule has 0 radical (unpaired) electrons. The van der Waals surface area contributed by atoms with Gasteiger partial charge in [0.2, 0.25) is 6.29 Å². The minimum absolute atomic E-state index is 0.274. The van der Waals surface area contributed by atoms with Crippen molar-refractivity contribution in [3.05, 3.63) is 0 Å². The third-order valence-electron chi connectivity index (χ3n) is 3.61. The zero-order valence-electron chi connectivity index (χ0n) is 16.2. The Kier molecular flexibility index (Phi) is 9.16. The molecule has 0 amide bonds. The monoisotopic (exact) mass is 389 g/mol. The number of ether oxygens (including phenoxy) is 5. The molecule has 2 unspecified atom stereocenters. The molecule has 1 saturated heterocycles. The Morgan fingerprint density at radius 3 is 1.89 bits per heavy atom. The van der Waals surface area contributed by atoms with Crippen molar-refractivity contribution in [2.24, 2.45) is 0 Å². The second-order valence-electron chi connectivity index (χ2n) is 6.08. The van der Waals surface area contributed by atoms with E-state index in [-0.39, 0.29) is 6.61 Å². The normalized spacial score (nSPS) is 27.4. The summed E-state index contributed by atoms with van der Waals surface area (Å²) in [6.07, 6.45) is -3.47. The van der Waals surface area contributed by atoms with Gasteiger partial charge < -0.3 is 29.0 Å². The zero-order chi connectivity index (χ0) is 20.6. The van der Waals surface area contributed by atoms with Gasteiger partial charge in [-0.3, -0.25) is 19.2 Å². The number of hydrogen-bond acceptors (Lipinski definition) is 10. The molecule has 1 heterocycles. The molecule has 1 aliphatic rings. The fourth-order valence-corrected chi connectivity index (χ4v) is 2.69. The first-order valence-electron chi connectivity index (χ1n) is 8.69. The van der Waals surface area contributed by atoms with Crippen molar-refractivity contribution < 1.29 is 42.9 Å². The van der Waals surface area contributed by atoms with E-state index in [0.29, 0.717) is 6.54 Å². The molecule has 154 valence electrons. The molecule has 0 aromatic heterocycles. The quantitative estimate of drug-likeness (QED) is 0.450. The average Bonchev–Trinajstić information content (AvgIpc) is 2.53. The van der Waals surface area contributed by atoms with Crippen LogP contribution in [0.1, 0.15) is 41.0 Å². The molecule has 5 atom stereocenters. The maximum Gasteiger partial charge on any atom is 0.304 e. The van der Waals surface area contributed by atoms with Gasteiger partial charge in [-0.2, -0.15) is 0 Å². The third kappa shape index (κ3) is 7.51. The smallest absolute Gasteiger partial charge is 0.304 e. The van der Waals surface area contributed by atoms with Gasteiger partial charge in [0.15, 0.2) is 12.2 Å². The van der Waals surface area contributed by atoms with Gasteiger partial charge in [0.1, 0.15) is 18.8 Å². The van der Waals surface area contributed by atoms with Crippen LogP contribution in [-0.2, 0) is 42.9 Å². The maximum atomic E-state index is 11.6. The highest BCUT2D eigenvalue weighted by molar-refractivity contribution is 5.68. The van der Waals surface area contributed by atoms with Crippen LogP contribution in [0, 0.1) is 0 Å². The molecule has 0 aliphatic carbocycles. The molecule has 1 N–H and O–H groups in total. The van der Waals surface area contributed by atoms with Crippen molar-refractivity contribution in [3.63, 3.8) is 0 Å². The van der Waals surface area contributed by atoms with Crippen molar-refractivity contribution in [1.82, 2.24) is 5.32 Å². The van der Waals surface area contributed by atoms with E-state index in [0.717, 1.165) is 6.42 Å². The fraction of sp³-hybridized carbons (Fsp3) is 0.765. The maximum absolute atomic E-state index is 11.6. The number of hydrogen-bond donors (Lipinski definition) is 1. The molecule has 27 heavy (non-hydrogen) atoms. The SMILES string of the molecule is CCCNC1[C@@H](OC(C)=O)OC(COC(C)=O)[C@@H](OC(C)=O)[C@@H]1OC(C)=O. The second-order valence-corrected chi connectivity index (χ2v) is 6.08. The summed E-state index contributed by atoms with van der Waals surface area (Å²) in [5.74, 6) is -2.43. The highest BCUT2D eigenvalue weighted by atomic mass is 16.7. The largest absolute Gasteiger partial charge is 0.463 e. The van der Waals surface area contributed by atoms with Gasteiger partial charge in [-0.05, 0) is 13.0 Å². The van der Waals surface area contributed by atoms with Crippen LogP contribution in [0.4, 0.5) is 0 Å². The lowest BCUT2D eigenvalue weighted by Gasteiger charge is -2.44. The Hall–Kier alpha value is -2.20. The molecule has 10 heteroatoms. The fourth-order valence-electron chi connectivity index (χ4n) is 2.69. The van der Waals surface area contributed by atoms with E-state index >= 15 is 0 Å². The van der Waals surface area contributed by atoms with Gasteiger partial charge in [-0.1, -0.05) is 6.92 Å². The Labute approximate surface area is 157 Å². The van der Waals surface area contributed by atoms with E-state index in [1.807, 2.05) is 6.92 Å². The Morgan fingerprint density at radius 2 is 1.41 bits per heavy atom. The number of rotatable bonds is 8. The highest BCUT2D eigenvalue weighted by Gasteiger charge is 2.51. The summed E-state index contributed by atoms with van der Waals surface area (Å²) in [4.78, 5) is 45.9. The molecule has 0 bridgehead atoms. The lowest BCUT2D eigenvalue weighted by Crippen LogP contribution is -2.66. The molecule has 1 rings (SSSR count). The topological polar surface area (TPSA) is 126 Å². The Bertz CT molecular complexity index is 551. The van der Waals surface area contributed by atoms with Gasteiger partial charge >= 0.3 is 23.9 Å². The average molecular weight is 389 g/mol. The summed E-state index contributed by atoms with van der Waals surface area (Å²) in [5, 5.41) is 3.09. The van der Waals surface area contributed by atoms with Crippen LogP contribution in [0.3, 0.4) is 0 Å². The first-order valence-corrected chi connectivity index (χ1v) is 8.69. The van der Waals surface area contributed by atoms with Crippen molar-refractivity contribution in [2.75, 3.05) is 13.2 Å². The summed E-state index contributed by atoms with van der Waals surface area (Å²) >= 11 is 0. The first-order chi connectivity index (χ1) is 12.6. The molecule has 0 saturated carbocycles. The summed E-state index contributed by atoms with van der Waals surface area (Å²) in [6, 6.07) is -0.782. The van der Waals surface area contributed by atoms with Crippen molar-refractivity contribution >= 4 is 23.9 Å². The number of nitrogens with one attached hydrogen (secondary N) is 1. The Morgan fingerprint density at radius 1 is 0.852 bits per heavy atom. The van der Waals surface area contributed by atoms with E-state index < -0.39 is 54.5 Å². The van der Waals surface area contributed by atoms with Gasteiger partial charge in [0.25, 0.3) is 0 Å². The van der Waals surface area contributed by atoms with Gasteiger partial charge in [-0.15, -0.1) is 0 Å². The van der Waals surface area contributed by atoms with Crippen molar-refractivity contribution in [3.8, 4) is 0 Å². The van der Waals surface area contributed by atoms with E-state index in [1.54, 1.807) is 0 Å². The number of esters is 4. The molecule has 0 spiro atoms.